The van der Waals surface area contributed by atoms with Gasteiger partial charge in [-0.25, -0.2) is 4.98 Å². The molecule has 120 valence electrons. The molecule has 5 heteroatoms. The number of nitrogens with zero attached hydrogens (tertiary/aromatic N) is 2. The minimum Gasteiger partial charge on any atom is -0.389 e. The molecular weight excluding hydrogens is 312 g/mol. The van der Waals surface area contributed by atoms with Crippen LogP contribution in [-0.4, -0.2) is 20.8 Å². The zero-order chi connectivity index (χ0) is 16.6. The average Bonchev–Trinajstić information content (AvgIpc) is 2.54. The second-order valence-corrected chi connectivity index (χ2v) is 6.31. The molecule has 0 saturated heterocycles. The molecule has 0 saturated carbocycles. The lowest BCUT2D eigenvalue weighted by Gasteiger charge is -2.18. The van der Waals surface area contributed by atoms with Gasteiger partial charge in [0.15, 0.2) is 0 Å². The van der Waals surface area contributed by atoms with Crippen LogP contribution in [0.2, 0.25) is 5.02 Å². The van der Waals surface area contributed by atoms with Gasteiger partial charge in [0.1, 0.15) is 5.82 Å². The monoisotopic (exact) mass is 330 g/mol. The van der Waals surface area contributed by atoms with Gasteiger partial charge in [0.2, 0.25) is 0 Å². The highest BCUT2D eigenvalue weighted by molar-refractivity contribution is 6.30. The molecule has 1 N–H and O–H groups in total. The van der Waals surface area contributed by atoms with Crippen molar-refractivity contribution in [3.05, 3.63) is 56.0 Å². The first-order valence-corrected chi connectivity index (χ1v) is 8.18. The van der Waals surface area contributed by atoms with E-state index in [4.69, 9.17) is 11.6 Å². The van der Waals surface area contributed by atoms with E-state index >= 15 is 0 Å². The van der Waals surface area contributed by atoms with Crippen molar-refractivity contribution < 1.29 is 5.11 Å². The van der Waals surface area contributed by atoms with Crippen LogP contribution in [0.4, 0.5) is 0 Å². The molecule has 0 amide bonds. The summed E-state index contributed by atoms with van der Waals surface area (Å²) in [4.78, 5) is 17.7. The average molecular weight is 331 g/mol. The van der Waals surface area contributed by atoms with Gasteiger partial charge in [-0.2, -0.15) is 0 Å². The quantitative estimate of drug-likeness (QED) is 0.932. The number of halogens is 1. The number of rotatable bonds is 3. The first-order chi connectivity index (χ1) is 11.0. The van der Waals surface area contributed by atoms with Crippen LogP contribution >= 0.6 is 11.6 Å². The minimum absolute atomic E-state index is 0.101. The summed E-state index contributed by atoms with van der Waals surface area (Å²) in [5.74, 6) is 0.827. The fourth-order valence-electron chi connectivity index (χ4n) is 2.73. The van der Waals surface area contributed by atoms with E-state index in [1.54, 1.807) is 28.9 Å². The molecule has 0 bridgehead atoms. The third-order valence-electron chi connectivity index (χ3n) is 4.23. The van der Waals surface area contributed by atoms with E-state index in [1.165, 1.54) is 0 Å². The molecule has 1 aliphatic rings. The molecule has 1 aliphatic carbocycles. The number of aliphatic hydroxyl groups excluding tert-OH is 1. The Morgan fingerprint density at radius 1 is 1.39 bits per heavy atom. The van der Waals surface area contributed by atoms with Crippen LogP contribution in [0.3, 0.4) is 0 Å². The van der Waals surface area contributed by atoms with E-state index in [2.05, 4.69) is 11.9 Å². The Labute approximate surface area is 139 Å². The highest BCUT2D eigenvalue weighted by Crippen LogP contribution is 2.18. The second-order valence-electron chi connectivity index (χ2n) is 5.87. The first-order valence-electron chi connectivity index (χ1n) is 7.80. The van der Waals surface area contributed by atoms with Crippen LogP contribution < -0.4 is 16.1 Å². The number of fused-ring (bicyclic) bond motifs is 1. The highest BCUT2D eigenvalue weighted by atomic mass is 35.5. The predicted octanol–water partition coefficient (Wildman–Crippen LogP) is 1.73. The molecule has 4 nitrogen and oxygen atoms in total. The van der Waals surface area contributed by atoms with Crippen molar-refractivity contribution in [1.29, 1.82) is 0 Å². The maximum absolute atomic E-state index is 13.0. The lowest BCUT2D eigenvalue weighted by atomic mass is 10.1. The Kier molecular flexibility index (Phi) is 4.37. The van der Waals surface area contributed by atoms with Gasteiger partial charge in [0, 0.05) is 10.9 Å². The van der Waals surface area contributed by atoms with Crippen molar-refractivity contribution in [2.45, 2.75) is 38.7 Å². The molecule has 1 aromatic carbocycles. The Morgan fingerprint density at radius 2 is 2.09 bits per heavy atom. The zero-order valence-electron chi connectivity index (χ0n) is 13.2. The molecule has 1 heterocycles. The van der Waals surface area contributed by atoms with Crippen LogP contribution in [0.5, 0.6) is 0 Å². The van der Waals surface area contributed by atoms with Gasteiger partial charge in [-0.15, -0.1) is 0 Å². The molecule has 1 unspecified atom stereocenters. The van der Waals surface area contributed by atoms with Crippen molar-refractivity contribution in [2.24, 2.45) is 0 Å². The molecule has 0 radical (unpaired) electrons. The standard InChI is InChI=1S/C18H19ClN2O2/c1-3-11(2)17-20-16-10-14(22)8-9-15(16)18(23)21(17)13-6-4-12(19)5-7-13/h4-7,9-11,14,22H,3,8H2,1-2H3/t11-,14?/m0/s1. The van der Waals surface area contributed by atoms with Gasteiger partial charge in [-0.3, -0.25) is 9.36 Å². The third-order valence-corrected chi connectivity index (χ3v) is 4.48. The molecule has 0 spiro atoms. The molecule has 0 fully saturated rings. The van der Waals surface area contributed by atoms with Gasteiger partial charge in [0.05, 0.1) is 22.4 Å². The van der Waals surface area contributed by atoms with E-state index in [0.29, 0.717) is 27.8 Å². The van der Waals surface area contributed by atoms with Crippen LogP contribution in [0.1, 0.15) is 38.4 Å². The topological polar surface area (TPSA) is 55.1 Å². The Hall–Kier alpha value is -1.91. The van der Waals surface area contributed by atoms with Crippen molar-refractivity contribution in [2.75, 3.05) is 0 Å². The molecule has 2 atom stereocenters. The Balaban J connectivity index is 2.36. The number of hydrogen-bond donors (Lipinski definition) is 1. The summed E-state index contributed by atoms with van der Waals surface area (Å²) in [6, 6.07) is 7.18. The van der Waals surface area contributed by atoms with E-state index in [-0.39, 0.29) is 11.5 Å². The smallest absolute Gasteiger partial charge is 0.265 e. The van der Waals surface area contributed by atoms with Crippen molar-refractivity contribution in [1.82, 2.24) is 9.55 Å². The molecule has 0 aliphatic heterocycles. The first kappa shape index (κ1) is 16.0. The molecule has 23 heavy (non-hydrogen) atoms. The van der Waals surface area contributed by atoms with Crippen molar-refractivity contribution >= 4 is 23.8 Å². The van der Waals surface area contributed by atoms with Crippen molar-refractivity contribution in [3.63, 3.8) is 0 Å². The second kappa shape index (κ2) is 6.30. The molecule has 3 rings (SSSR count). The summed E-state index contributed by atoms with van der Waals surface area (Å²) in [5, 5.41) is 11.6. The lowest BCUT2D eigenvalue weighted by molar-refractivity contribution is 0.244. The summed E-state index contributed by atoms with van der Waals surface area (Å²) in [5.41, 5.74) is 0.653. The summed E-state index contributed by atoms with van der Waals surface area (Å²) < 4.78 is 1.66. The van der Waals surface area contributed by atoms with E-state index in [9.17, 15) is 9.90 Å². The maximum Gasteiger partial charge on any atom is 0.265 e. The van der Waals surface area contributed by atoms with Gasteiger partial charge >= 0.3 is 0 Å². The predicted molar refractivity (Wildman–Crippen MR) is 92.4 cm³/mol. The van der Waals surface area contributed by atoms with Crippen LogP contribution in [0.15, 0.2) is 29.1 Å². The normalized spacial score (nSPS) is 17.8. The van der Waals surface area contributed by atoms with Gasteiger partial charge in [-0.05, 0) is 43.2 Å². The summed E-state index contributed by atoms with van der Waals surface area (Å²) in [6.45, 7) is 4.11. The molecule has 1 aromatic heterocycles. The Bertz CT molecular complexity index is 900. The number of aliphatic hydroxyl groups is 1. The van der Waals surface area contributed by atoms with Crippen LogP contribution in [0.25, 0.3) is 17.8 Å². The van der Waals surface area contributed by atoms with Gasteiger partial charge < -0.3 is 5.11 Å². The fraction of sp³-hybridized carbons (Fsp3) is 0.333. The van der Waals surface area contributed by atoms with Gasteiger partial charge in [0.25, 0.3) is 5.56 Å². The minimum atomic E-state index is -0.578. The van der Waals surface area contributed by atoms with Crippen molar-refractivity contribution in [3.8, 4) is 5.69 Å². The number of aromatic nitrogens is 2. The van der Waals surface area contributed by atoms with E-state index in [1.807, 2.05) is 19.1 Å². The fourth-order valence-corrected chi connectivity index (χ4v) is 2.85. The van der Waals surface area contributed by atoms with E-state index < -0.39 is 6.10 Å². The summed E-state index contributed by atoms with van der Waals surface area (Å²) in [7, 11) is 0. The zero-order valence-corrected chi connectivity index (χ0v) is 13.9. The van der Waals surface area contributed by atoms with Crippen LogP contribution in [-0.2, 0) is 0 Å². The summed E-state index contributed by atoms with van der Waals surface area (Å²) >= 11 is 5.96. The van der Waals surface area contributed by atoms with E-state index in [0.717, 1.165) is 12.1 Å². The molecule has 2 aromatic rings. The number of benzene rings is 1. The summed E-state index contributed by atoms with van der Waals surface area (Å²) in [6.07, 6.45) is 4.15. The van der Waals surface area contributed by atoms with Gasteiger partial charge in [-0.1, -0.05) is 31.5 Å². The third kappa shape index (κ3) is 2.96. The van der Waals surface area contributed by atoms with Crippen LogP contribution in [0, 0.1) is 0 Å². The Morgan fingerprint density at radius 3 is 2.74 bits per heavy atom. The number of hydrogen-bond acceptors (Lipinski definition) is 3. The largest absolute Gasteiger partial charge is 0.389 e. The lowest BCUT2D eigenvalue weighted by Crippen LogP contribution is -2.50. The molecular formula is C18H19ClN2O2. The maximum atomic E-state index is 13.0. The highest BCUT2D eigenvalue weighted by Gasteiger charge is 2.17. The SMILES string of the molecule is CC[C@H](C)c1nc2c(c(=O)n1-c1ccc(Cl)cc1)=CCC(O)C=2.